The van der Waals surface area contributed by atoms with E-state index < -0.39 is 11.5 Å². The van der Waals surface area contributed by atoms with E-state index in [-0.39, 0.29) is 42.5 Å². The van der Waals surface area contributed by atoms with Crippen molar-refractivity contribution in [3.05, 3.63) is 0 Å². The molecule has 7 nitrogen and oxygen atoms in total. The second kappa shape index (κ2) is 5.93. The number of rotatable bonds is 2. The third kappa shape index (κ3) is 3.21. The highest BCUT2D eigenvalue weighted by molar-refractivity contribution is 5.88. The van der Waals surface area contributed by atoms with Crippen LogP contribution in [0.4, 0.5) is 4.79 Å². The fourth-order valence-electron chi connectivity index (χ4n) is 4.29. The van der Waals surface area contributed by atoms with Crippen LogP contribution in [0, 0.1) is 5.92 Å². The summed E-state index contributed by atoms with van der Waals surface area (Å²) in [5.41, 5.74) is 4.84. The van der Waals surface area contributed by atoms with Gasteiger partial charge in [-0.3, -0.25) is 9.59 Å². The highest BCUT2D eigenvalue weighted by Gasteiger charge is 2.48. The standard InChI is InChI=1S/C17H27N3O4/c1-17(2,3)24-16(23)20-11-4-5-12(20)8-13(7-11)19-9-10(15(18)22)6-14(19)21/h10-13H,4-9H2,1-3H3,(H2,18,22)/t10?,11-,12+,13?. The molecule has 0 aromatic heterocycles. The Kier molecular flexibility index (Phi) is 4.21. The van der Waals surface area contributed by atoms with Gasteiger partial charge in [-0.25, -0.2) is 4.79 Å². The number of fused-ring (bicyclic) bond motifs is 2. The molecule has 3 rings (SSSR count). The number of ether oxygens (including phenoxy) is 1. The summed E-state index contributed by atoms with van der Waals surface area (Å²) >= 11 is 0. The first-order valence-electron chi connectivity index (χ1n) is 8.76. The molecule has 2 bridgehead atoms. The number of nitrogens with two attached hydrogens (primary N) is 1. The number of amides is 3. The van der Waals surface area contributed by atoms with Crippen LogP contribution in [0.25, 0.3) is 0 Å². The maximum Gasteiger partial charge on any atom is 0.410 e. The minimum atomic E-state index is -0.507. The molecule has 3 fully saturated rings. The van der Waals surface area contributed by atoms with Crippen molar-refractivity contribution in [2.24, 2.45) is 11.7 Å². The molecule has 0 spiro atoms. The van der Waals surface area contributed by atoms with Crippen molar-refractivity contribution in [1.29, 1.82) is 0 Å². The second-order valence-corrected chi connectivity index (χ2v) is 8.25. The van der Waals surface area contributed by atoms with E-state index in [0.29, 0.717) is 6.54 Å². The van der Waals surface area contributed by atoms with E-state index in [4.69, 9.17) is 10.5 Å². The zero-order valence-electron chi connectivity index (χ0n) is 14.7. The molecule has 0 saturated carbocycles. The molecule has 2 N–H and O–H groups in total. The van der Waals surface area contributed by atoms with E-state index >= 15 is 0 Å². The van der Waals surface area contributed by atoms with Crippen LogP contribution in [0.2, 0.25) is 0 Å². The monoisotopic (exact) mass is 337 g/mol. The van der Waals surface area contributed by atoms with Crippen LogP contribution in [0.15, 0.2) is 0 Å². The van der Waals surface area contributed by atoms with Gasteiger partial charge in [0, 0.05) is 31.1 Å². The average Bonchev–Trinajstić information content (AvgIpc) is 2.95. The summed E-state index contributed by atoms with van der Waals surface area (Å²) in [5.74, 6) is -0.770. The topological polar surface area (TPSA) is 92.9 Å². The van der Waals surface area contributed by atoms with Gasteiger partial charge in [0.25, 0.3) is 0 Å². The molecule has 0 aromatic carbocycles. The third-order valence-corrected chi connectivity index (χ3v) is 5.31. The molecule has 3 heterocycles. The quantitative estimate of drug-likeness (QED) is 0.821. The lowest BCUT2D eigenvalue weighted by molar-refractivity contribution is -0.131. The Balaban J connectivity index is 1.66. The van der Waals surface area contributed by atoms with E-state index in [1.54, 1.807) is 0 Å². The minimum Gasteiger partial charge on any atom is -0.444 e. The summed E-state index contributed by atoms with van der Waals surface area (Å²) in [6, 6.07) is 0.325. The van der Waals surface area contributed by atoms with E-state index in [1.165, 1.54) is 0 Å². The number of piperidine rings is 1. The number of hydrogen-bond donors (Lipinski definition) is 1. The van der Waals surface area contributed by atoms with Gasteiger partial charge < -0.3 is 20.3 Å². The Morgan fingerprint density at radius 2 is 1.71 bits per heavy atom. The van der Waals surface area contributed by atoms with Gasteiger partial charge >= 0.3 is 6.09 Å². The number of likely N-dealkylation sites (tertiary alicyclic amines) is 1. The van der Waals surface area contributed by atoms with Crippen molar-refractivity contribution in [1.82, 2.24) is 9.80 Å². The predicted molar refractivity (Wildman–Crippen MR) is 86.9 cm³/mol. The van der Waals surface area contributed by atoms with E-state index in [0.717, 1.165) is 25.7 Å². The van der Waals surface area contributed by atoms with Crippen LogP contribution in [0.1, 0.15) is 52.9 Å². The van der Waals surface area contributed by atoms with Crippen molar-refractivity contribution >= 4 is 17.9 Å². The van der Waals surface area contributed by atoms with Crippen LogP contribution in [0.3, 0.4) is 0 Å². The molecule has 3 amide bonds. The predicted octanol–water partition coefficient (Wildman–Crippen LogP) is 1.25. The van der Waals surface area contributed by atoms with Gasteiger partial charge in [-0.2, -0.15) is 0 Å². The number of hydrogen-bond acceptors (Lipinski definition) is 4. The van der Waals surface area contributed by atoms with Crippen LogP contribution in [-0.2, 0) is 14.3 Å². The summed E-state index contributed by atoms with van der Waals surface area (Å²) in [5, 5.41) is 0. The Morgan fingerprint density at radius 3 is 2.17 bits per heavy atom. The van der Waals surface area contributed by atoms with Crippen molar-refractivity contribution < 1.29 is 19.1 Å². The molecule has 134 valence electrons. The molecule has 7 heteroatoms. The average molecular weight is 337 g/mol. The molecule has 0 aromatic rings. The SMILES string of the molecule is CC(C)(C)OC(=O)N1[C@@H]2CC[C@H]1CC(N1CC(C(N)=O)CC1=O)C2. The fraction of sp³-hybridized carbons (Fsp3) is 0.824. The maximum atomic E-state index is 12.5. The van der Waals surface area contributed by atoms with Gasteiger partial charge in [-0.15, -0.1) is 0 Å². The van der Waals surface area contributed by atoms with Crippen molar-refractivity contribution in [2.45, 2.75) is 76.6 Å². The summed E-state index contributed by atoms with van der Waals surface area (Å²) in [6.45, 7) is 6.02. The van der Waals surface area contributed by atoms with E-state index in [2.05, 4.69) is 0 Å². The molecule has 2 unspecified atom stereocenters. The van der Waals surface area contributed by atoms with E-state index in [9.17, 15) is 14.4 Å². The van der Waals surface area contributed by atoms with Crippen LogP contribution < -0.4 is 5.73 Å². The molecular weight excluding hydrogens is 310 g/mol. The first-order chi connectivity index (χ1) is 11.2. The number of carbonyl (C=O) groups is 3. The highest BCUT2D eigenvalue weighted by Crippen LogP contribution is 2.39. The molecule has 3 aliphatic rings. The lowest BCUT2D eigenvalue weighted by Crippen LogP contribution is -2.53. The molecule has 0 radical (unpaired) electrons. The summed E-state index contributed by atoms with van der Waals surface area (Å²) in [6.07, 6.45) is 3.37. The molecule has 0 aliphatic carbocycles. The van der Waals surface area contributed by atoms with Crippen molar-refractivity contribution in [2.75, 3.05) is 6.54 Å². The molecular formula is C17H27N3O4. The van der Waals surface area contributed by atoms with Gasteiger partial charge in [0.2, 0.25) is 11.8 Å². The highest BCUT2D eigenvalue weighted by atomic mass is 16.6. The minimum absolute atomic E-state index is 0.00826. The number of carbonyl (C=O) groups excluding carboxylic acids is 3. The van der Waals surface area contributed by atoms with Crippen molar-refractivity contribution in [3.8, 4) is 0 Å². The smallest absolute Gasteiger partial charge is 0.410 e. The first-order valence-corrected chi connectivity index (χ1v) is 8.76. The van der Waals surface area contributed by atoms with Crippen LogP contribution in [-0.4, -0.2) is 58.0 Å². The van der Waals surface area contributed by atoms with Crippen LogP contribution in [0.5, 0.6) is 0 Å². The normalized spacial score (nSPS) is 33.0. The fourth-order valence-corrected chi connectivity index (χ4v) is 4.29. The Morgan fingerprint density at radius 1 is 1.12 bits per heavy atom. The molecule has 4 atom stereocenters. The number of nitrogens with zero attached hydrogens (tertiary/aromatic N) is 2. The molecule has 24 heavy (non-hydrogen) atoms. The lowest BCUT2D eigenvalue weighted by Gasteiger charge is -2.42. The molecule has 3 aliphatic heterocycles. The zero-order valence-corrected chi connectivity index (χ0v) is 14.7. The van der Waals surface area contributed by atoms with Gasteiger partial charge in [-0.1, -0.05) is 0 Å². The largest absolute Gasteiger partial charge is 0.444 e. The van der Waals surface area contributed by atoms with Gasteiger partial charge in [0.15, 0.2) is 0 Å². The van der Waals surface area contributed by atoms with Gasteiger partial charge in [0.05, 0.1) is 5.92 Å². The summed E-state index contributed by atoms with van der Waals surface area (Å²) < 4.78 is 5.53. The number of primary amides is 1. The van der Waals surface area contributed by atoms with Gasteiger partial charge in [-0.05, 0) is 46.5 Å². The summed E-state index contributed by atoms with van der Waals surface area (Å²) in [4.78, 5) is 39.8. The van der Waals surface area contributed by atoms with Gasteiger partial charge in [0.1, 0.15) is 5.60 Å². The van der Waals surface area contributed by atoms with Crippen LogP contribution >= 0.6 is 0 Å². The Bertz CT molecular complexity index is 543. The third-order valence-electron chi connectivity index (χ3n) is 5.31. The summed E-state index contributed by atoms with van der Waals surface area (Å²) in [7, 11) is 0. The Hall–Kier alpha value is -1.79. The lowest BCUT2D eigenvalue weighted by atomic mass is 9.96. The molecule has 3 saturated heterocycles. The van der Waals surface area contributed by atoms with E-state index in [1.807, 2.05) is 30.6 Å². The maximum absolute atomic E-state index is 12.5. The first kappa shape index (κ1) is 17.0. The Labute approximate surface area is 142 Å². The second-order valence-electron chi connectivity index (χ2n) is 8.25. The zero-order chi connectivity index (χ0) is 17.6. The van der Waals surface area contributed by atoms with Crippen molar-refractivity contribution in [3.63, 3.8) is 0 Å².